The van der Waals surface area contributed by atoms with Gasteiger partial charge in [-0.25, -0.2) is 0 Å². The molecule has 0 fully saturated rings. The Balaban J connectivity index is 2.37. The summed E-state index contributed by atoms with van der Waals surface area (Å²) in [5.74, 6) is 0.941. The molecule has 1 aromatic rings. The largest absolute Gasteiger partial charge is 0.494 e. The topological polar surface area (TPSA) is 9.23 Å². The van der Waals surface area contributed by atoms with Gasteiger partial charge in [-0.3, -0.25) is 0 Å². The first kappa shape index (κ1) is 9.11. The summed E-state index contributed by atoms with van der Waals surface area (Å²) in [6, 6.07) is 7.83. The van der Waals surface area contributed by atoms with Crippen LogP contribution in [0.1, 0.15) is 25.3 Å². The van der Waals surface area contributed by atoms with Gasteiger partial charge in [0.15, 0.2) is 0 Å². The van der Waals surface area contributed by atoms with Crippen molar-refractivity contribution in [3.05, 3.63) is 36.8 Å². The van der Waals surface area contributed by atoms with Crippen LogP contribution in [0.25, 0.3) is 0 Å². The predicted octanol–water partition coefficient (Wildman–Crippen LogP) is 3.05. The first-order valence-corrected chi connectivity index (χ1v) is 4.37. The standard InChI is InChI=1S/C11H15O/c1-3-4-9-12-11-7-5-10(2)6-8-11/h5-8H,2-4,9H2,1H3. The van der Waals surface area contributed by atoms with Gasteiger partial charge in [-0.15, -0.1) is 0 Å². The third-order valence-electron chi connectivity index (χ3n) is 1.69. The van der Waals surface area contributed by atoms with Crippen LogP contribution in [0.15, 0.2) is 24.3 Å². The summed E-state index contributed by atoms with van der Waals surface area (Å²) in [6.45, 7) is 6.77. The van der Waals surface area contributed by atoms with Crippen LogP contribution in [0.2, 0.25) is 0 Å². The van der Waals surface area contributed by atoms with Crippen LogP contribution in [0, 0.1) is 6.92 Å². The molecular weight excluding hydrogens is 148 g/mol. The maximum Gasteiger partial charge on any atom is 0.119 e. The molecule has 0 N–H and O–H groups in total. The zero-order valence-electron chi connectivity index (χ0n) is 7.55. The molecule has 1 aromatic carbocycles. The molecule has 1 heteroatoms. The summed E-state index contributed by atoms with van der Waals surface area (Å²) in [5, 5.41) is 0. The molecule has 0 atom stereocenters. The van der Waals surface area contributed by atoms with E-state index in [1.54, 1.807) is 0 Å². The third-order valence-corrected chi connectivity index (χ3v) is 1.69. The van der Waals surface area contributed by atoms with E-state index >= 15 is 0 Å². The van der Waals surface area contributed by atoms with E-state index in [4.69, 9.17) is 4.74 Å². The van der Waals surface area contributed by atoms with Crippen molar-refractivity contribution in [1.29, 1.82) is 0 Å². The monoisotopic (exact) mass is 163 g/mol. The first-order chi connectivity index (χ1) is 5.83. The summed E-state index contributed by atoms with van der Waals surface area (Å²) in [4.78, 5) is 0. The summed E-state index contributed by atoms with van der Waals surface area (Å²) < 4.78 is 5.47. The molecule has 0 saturated carbocycles. The Morgan fingerprint density at radius 1 is 1.25 bits per heavy atom. The normalized spacial score (nSPS) is 9.83. The Morgan fingerprint density at radius 3 is 2.50 bits per heavy atom. The molecular formula is C11H15O. The molecule has 65 valence electrons. The van der Waals surface area contributed by atoms with Crippen LogP contribution in [0.5, 0.6) is 5.75 Å². The van der Waals surface area contributed by atoms with Gasteiger partial charge in [-0.1, -0.05) is 25.5 Å². The van der Waals surface area contributed by atoms with Gasteiger partial charge in [0.05, 0.1) is 6.61 Å². The zero-order valence-corrected chi connectivity index (χ0v) is 7.55. The number of hydrogen-bond acceptors (Lipinski definition) is 1. The SMILES string of the molecule is [CH2]c1ccc(OCCCC)cc1. The van der Waals surface area contributed by atoms with E-state index in [0.717, 1.165) is 24.3 Å². The lowest BCUT2D eigenvalue weighted by atomic mass is 10.2. The average Bonchev–Trinajstić information content (AvgIpc) is 2.09. The second-order valence-corrected chi connectivity index (χ2v) is 2.85. The van der Waals surface area contributed by atoms with Crippen LogP contribution < -0.4 is 4.74 Å². The van der Waals surface area contributed by atoms with Crippen molar-refractivity contribution in [3.8, 4) is 5.75 Å². The van der Waals surface area contributed by atoms with Crippen molar-refractivity contribution in [3.63, 3.8) is 0 Å². The minimum absolute atomic E-state index is 0.812. The highest BCUT2D eigenvalue weighted by atomic mass is 16.5. The molecule has 1 radical (unpaired) electrons. The van der Waals surface area contributed by atoms with E-state index < -0.39 is 0 Å². The van der Waals surface area contributed by atoms with Crippen LogP contribution >= 0.6 is 0 Å². The van der Waals surface area contributed by atoms with E-state index in [2.05, 4.69) is 13.8 Å². The molecule has 0 aliphatic heterocycles. The quantitative estimate of drug-likeness (QED) is 0.620. The van der Waals surface area contributed by atoms with Gasteiger partial charge in [-0.2, -0.15) is 0 Å². The molecule has 1 rings (SSSR count). The fraction of sp³-hybridized carbons (Fsp3) is 0.364. The van der Waals surface area contributed by atoms with Gasteiger partial charge in [0.25, 0.3) is 0 Å². The fourth-order valence-electron chi connectivity index (χ4n) is 0.920. The summed E-state index contributed by atoms with van der Waals surface area (Å²) in [6.07, 6.45) is 2.29. The van der Waals surface area contributed by atoms with Gasteiger partial charge in [-0.05, 0) is 31.0 Å². The van der Waals surface area contributed by atoms with Crippen molar-refractivity contribution in [1.82, 2.24) is 0 Å². The Hall–Kier alpha value is -0.980. The third kappa shape index (κ3) is 2.95. The number of benzene rings is 1. The van der Waals surface area contributed by atoms with Crippen LogP contribution in [-0.2, 0) is 0 Å². The van der Waals surface area contributed by atoms with Crippen LogP contribution in [-0.4, -0.2) is 6.61 Å². The molecule has 0 heterocycles. The zero-order chi connectivity index (χ0) is 8.81. The molecule has 0 aromatic heterocycles. The number of rotatable bonds is 4. The van der Waals surface area contributed by atoms with E-state index in [9.17, 15) is 0 Å². The van der Waals surface area contributed by atoms with Gasteiger partial charge in [0, 0.05) is 0 Å². The Morgan fingerprint density at radius 2 is 1.92 bits per heavy atom. The number of ether oxygens (including phenoxy) is 1. The maximum absolute atomic E-state index is 5.47. The number of hydrogen-bond donors (Lipinski definition) is 0. The van der Waals surface area contributed by atoms with Gasteiger partial charge in [0.1, 0.15) is 5.75 Å². The molecule has 0 amide bonds. The van der Waals surface area contributed by atoms with Crippen LogP contribution in [0.3, 0.4) is 0 Å². The molecule has 0 unspecified atom stereocenters. The number of unbranched alkanes of at least 4 members (excludes halogenated alkanes) is 1. The maximum atomic E-state index is 5.47. The first-order valence-electron chi connectivity index (χ1n) is 4.37. The van der Waals surface area contributed by atoms with Crippen molar-refractivity contribution < 1.29 is 4.74 Å². The van der Waals surface area contributed by atoms with Gasteiger partial charge >= 0.3 is 0 Å². The highest BCUT2D eigenvalue weighted by molar-refractivity contribution is 5.28. The predicted molar refractivity (Wildman–Crippen MR) is 51.3 cm³/mol. The van der Waals surface area contributed by atoms with Crippen molar-refractivity contribution in [2.24, 2.45) is 0 Å². The van der Waals surface area contributed by atoms with Gasteiger partial charge < -0.3 is 4.74 Å². The van der Waals surface area contributed by atoms with Gasteiger partial charge in [0.2, 0.25) is 0 Å². The van der Waals surface area contributed by atoms with Crippen molar-refractivity contribution in [2.45, 2.75) is 19.8 Å². The Bertz CT molecular complexity index is 213. The summed E-state index contributed by atoms with van der Waals surface area (Å²) in [5.41, 5.74) is 1.03. The van der Waals surface area contributed by atoms with Crippen LogP contribution in [0.4, 0.5) is 0 Å². The highest BCUT2D eigenvalue weighted by Gasteiger charge is 1.91. The average molecular weight is 163 g/mol. The summed E-state index contributed by atoms with van der Waals surface area (Å²) in [7, 11) is 0. The second-order valence-electron chi connectivity index (χ2n) is 2.85. The molecule has 12 heavy (non-hydrogen) atoms. The van der Waals surface area contributed by atoms with E-state index in [-0.39, 0.29) is 0 Å². The molecule has 0 aliphatic rings. The molecule has 1 nitrogen and oxygen atoms in total. The summed E-state index contributed by atoms with van der Waals surface area (Å²) >= 11 is 0. The molecule has 0 saturated heterocycles. The Kier molecular flexibility index (Phi) is 3.65. The molecule has 0 aliphatic carbocycles. The van der Waals surface area contributed by atoms with Crippen molar-refractivity contribution in [2.75, 3.05) is 6.61 Å². The fourth-order valence-corrected chi connectivity index (χ4v) is 0.920. The minimum Gasteiger partial charge on any atom is -0.494 e. The Labute approximate surface area is 74.4 Å². The molecule has 0 bridgehead atoms. The second kappa shape index (κ2) is 4.81. The van der Waals surface area contributed by atoms with E-state index in [1.807, 2.05) is 24.3 Å². The lowest BCUT2D eigenvalue weighted by Crippen LogP contribution is -1.95. The van der Waals surface area contributed by atoms with E-state index in [1.165, 1.54) is 6.42 Å². The lowest BCUT2D eigenvalue weighted by molar-refractivity contribution is 0.309. The van der Waals surface area contributed by atoms with Crippen molar-refractivity contribution >= 4 is 0 Å². The minimum atomic E-state index is 0.812. The highest BCUT2D eigenvalue weighted by Crippen LogP contribution is 2.11. The smallest absolute Gasteiger partial charge is 0.119 e. The van der Waals surface area contributed by atoms with E-state index in [0.29, 0.717) is 0 Å². The lowest BCUT2D eigenvalue weighted by Gasteiger charge is -2.04. The molecule has 0 spiro atoms.